The Bertz CT molecular complexity index is 1460. The van der Waals surface area contributed by atoms with Gasteiger partial charge in [-0.25, -0.2) is 4.98 Å². The number of nitriles is 2. The van der Waals surface area contributed by atoms with Crippen LogP contribution in [0.25, 0.3) is 11.0 Å². The topological polar surface area (TPSA) is 122 Å². The second-order valence-electron chi connectivity index (χ2n) is 7.80. The SMILES string of the molecule is Cc1ccnc(C#N)c1CC1c2cc(C#N)ccc2C(=O)N1Cc1ccc2[nH]nnc2c1. The standard InChI is InChI=1S/C24H17N7O/c1-14-6-7-27-22(12-26)18(14)10-23-19-8-15(11-25)2-4-17(19)24(32)31(23)13-16-3-5-20-21(9-16)29-30-28-20/h2-9,23H,10,13H2,1H3,(H,28,29,30). The molecular weight excluding hydrogens is 402 g/mol. The summed E-state index contributed by atoms with van der Waals surface area (Å²) in [7, 11) is 0. The summed E-state index contributed by atoms with van der Waals surface area (Å²) in [4.78, 5) is 19.4. The number of hydrogen-bond donors (Lipinski definition) is 1. The van der Waals surface area contributed by atoms with Crippen LogP contribution in [-0.4, -0.2) is 31.2 Å². The van der Waals surface area contributed by atoms with Crippen LogP contribution in [0.15, 0.2) is 48.7 Å². The fourth-order valence-corrected chi connectivity index (χ4v) is 4.29. The molecule has 0 saturated heterocycles. The van der Waals surface area contributed by atoms with Crippen molar-refractivity contribution >= 4 is 16.9 Å². The molecule has 2 aromatic heterocycles. The lowest BCUT2D eigenvalue weighted by Crippen LogP contribution is -2.29. The molecule has 3 heterocycles. The van der Waals surface area contributed by atoms with E-state index in [1.807, 2.05) is 31.2 Å². The van der Waals surface area contributed by atoms with Crippen LogP contribution in [0.5, 0.6) is 0 Å². The first-order valence-electron chi connectivity index (χ1n) is 10.1. The Morgan fingerprint density at radius 3 is 2.81 bits per heavy atom. The van der Waals surface area contributed by atoms with Gasteiger partial charge in [0.05, 0.1) is 23.2 Å². The number of amides is 1. The molecular formula is C24H17N7O. The summed E-state index contributed by atoms with van der Waals surface area (Å²) in [6, 6.07) is 16.7. The molecule has 2 aromatic carbocycles. The van der Waals surface area contributed by atoms with Crippen molar-refractivity contribution in [2.75, 3.05) is 0 Å². The predicted molar refractivity (Wildman–Crippen MR) is 115 cm³/mol. The molecule has 0 radical (unpaired) electrons. The van der Waals surface area contributed by atoms with E-state index >= 15 is 0 Å². The van der Waals surface area contributed by atoms with Crippen molar-refractivity contribution in [2.45, 2.75) is 25.9 Å². The Morgan fingerprint density at radius 2 is 2.00 bits per heavy atom. The van der Waals surface area contributed by atoms with Gasteiger partial charge in [-0.05, 0) is 65.6 Å². The fraction of sp³-hybridized carbons (Fsp3) is 0.167. The maximum Gasteiger partial charge on any atom is 0.255 e. The van der Waals surface area contributed by atoms with E-state index in [1.54, 1.807) is 29.3 Å². The number of pyridine rings is 1. The molecule has 8 nitrogen and oxygen atoms in total. The number of nitrogens with zero attached hydrogens (tertiary/aromatic N) is 6. The highest BCUT2D eigenvalue weighted by molar-refractivity contribution is 5.99. The molecule has 1 unspecified atom stereocenters. The molecule has 0 aliphatic carbocycles. The molecule has 1 atom stereocenters. The van der Waals surface area contributed by atoms with Gasteiger partial charge in [-0.15, -0.1) is 5.10 Å². The second kappa shape index (κ2) is 7.60. The van der Waals surface area contributed by atoms with Crippen molar-refractivity contribution in [2.24, 2.45) is 0 Å². The van der Waals surface area contributed by atoms with E-state index in [0.717, 1.165) is 33.3 Å². The molecule has 0 bridgehead atoms. The van der Waals surface area contributed by atoms with Crippen LogP contribution in [0.3, 0.4) is 0 Å². The summed E-state index contributed by atoms with van der Waals surface area (Å²) < 4.78 is 0. The summed E-state index contributed by atoms with van der Waals surface area (Å²) in [6.45, 7) is 2.30. The van der Waals surface area contributed by atoms with Crippen LogP contribution >= 0.6 is 0 Å². The number of H-pyrrole nitrogens is 1. The van der Waals surface area contributed by atoms with Crippen LogP contribution < -0.4 is 0 Å². The molecule has 154 valence electrons. The van der Waals surface area contributed by atoms with Crippen LogP contribution in [-0.2, 0) is 13.0 Å². The van der Waals surface area contributed by atoms with E-state index in [0.29, 0.717) is 29.8 Å². The highest BCUT2D eigenvalue weighted by Crippen LogP contribution is 2.38. The van der Waals surface area contributed by atoms with Crippen molar-refractivity contribution in [3.63, 3.8) is 0 Å². The zero-order valence-electron chi connectivity index (χ0n) is 17.2. The van der Waals surface area contributed by atoms with Gasteiger partial charge in [-0.2, -0.15) is 10.5 Å². The summed E-state index contributed by atoms with van der Waals surface area (Å²) in [6.07, 6.45) is 2.05. The maximum absolute atomic E-state index is 13.4. The number of nitrogens with one attached hydrogen (secondary N) is 1. The summed E-state index contributed by atoms with van der Waals surface area (Å²) in [5.41, 5.74) is 6.44. The zero-order valence-corrected chi connectivity index (χ0v) is 17.2. The first kappa shape index (κ1) is 19.4. The Labute approximate surface area is 183 Å². The summed E-state index contributed by atoms with van der Waals surface area (Å²) >= 11 is 0. The average molecular weight is 419 g/mol. The van der Waals surface area contributed by atoms with Gasteiger partial charge in [0.15, 0.2) is 0 Å². The Kier molecular flexibility index (Phi) is 4.61. The molecule has 8 heteroatoms. The number of rotatable bonds is 4. The van der Waals surface area contributed by atoms with Crippen LogP contribution in [0.1, 0.15) is 49.9 Å². The Morgan fingerprint density at radius 1 is 1.12 bits per heavy atom. The van der Waals surface area contributed by atoms with Crippen LogP contribution in [0.4, 0.5) is 0 Å². The van der Waals surface area contributed by atoms with Crippen molar-refractivity contribution in [3.05, 3.63) is 87.7 Å². The third-order valence-electron chi connectivity index (χ3n) is 5.94. The van der Waals surface area contributed by atoms with Crippen molar-refractivity contribution in [1.82, 2.24) is 25.3 Å². The average Bonchev–Trinajstić information content (AvgIpc) is 3.38. The monoisotopic (exact) mass is 419 g/mol. The Hall–Kier alpha value is -4.56. The number of aromatic nitrogens is 4. The van der Waals surface area contributed by atoms with Crippen molar-refractivity contribution < 1.29 is 4.79 Å². The smallest absolute Gasteiger partial charge is 0.255 e. The summed E-state index contributed by atoms with van der Waals surface area (Å²) in [5, 5.41) is 29.7. The molecule has 1 N–H and O–H groups in total. The largest absolute Gasteiger partial charge is 0.327 e. The normalized spacial score (nSPS) is 14.9. The number of aryl methyl sites for hydroxylation is 1. The van der Waals surface area contributed by atoms with E-state index in [2.05, 4.69) is 32.5 Å². The van der Waals surface area contributed by atoms with Gasteiger partial charge in [0, 0.05) is 24.7 Å². The van der Waals surface area contributed by atoms with Gasteiger partial charge in [-0.1, -0.05) is 11.3 Å². The lowest BCUT2D eigenvalue weighted by molar-refractivity contribution is 0.0709. The Balaban J connectivity index is 1.59. The molecule has 0 spiro atoms. The van der Waals surface area contributed by atoms with Crippen LogP contribution in [0.2, 0.25) is 0 Å². The predicted octanol–water partition coefficient (Wildman–Crippen LogP) is 3.34. The second-order valence-corrected chi connectivity index (χ2v) is 7.80. The van der Waals surface area contributed by atoms with E-state index in [1.165, 1.54) is 0 Å². The quantitative estimate of drug-likeness (QED) is 0.541. The number of carbonyl (C=O) groups is 1. The first-order valence-corrected chi connectivity index (χ1v) is 10.1. The number of aromatic amines is 1. The van der Waals surface area contributed by atoms with Gasteiger partial charge in [0.2, 0.25) is 0 Å². The minimum absolute atomic E-state index is 0.102. The number of carbonyl (C=O) groups excluding carboxylic acids is 1. The highest BCUT2D eigenvalue weighted by atomic mass is 16.2. The van der Waals surface area contributed by atoms with Crippen molar-refractivity contribution in [1.29, 1.82) is 10.5 Å². The minimum Gasteiger partial charge on any atom is -0.327 e. The van der Waals surface area contributed by atoms with Crippen molar-refractivity contribution in [3.8, 4) is 12.1 Å². The number of fused-ring (bicyclic) bond motifs is 2. The van der Waals surface area contributed by atoms with Gasteiger partial charge in [0.25, 0.3) is 5.91 Å². The first-order chi connectivity index (χ1) is 15.6. The third kappa shape index (κ3) is 3.15. The lowest BCUT2D eigenvalue weighted by Gasteiger charge is -2.26. The molecule has 0 saturated carbocycles. The third-order valence-corrected chi connectivity index (χ3v) is 5.94. The zero-order chi connectivity index (χ0) is 22.2. The maximum atomic E-state index is 13.4. The van der Waals surface area contributed by atoms with Gasteiger partial charge >= 0.3 is 0 Å². The molecule has 1 aliphatic rings. The molecule has 32 heavy (non-hydrogen) atoms. The number of benzene rings is 2. The fourth-order valence-electron chi connectivity index (χ4n) is 4.29. The van der Waals surface area contributed by atoms with Gasteiger partial charge in [-0.3, -0.25) is 9.89 Å². The van der Waals surface area contributed by atoms with E-state index < -0.39 is 0 Å². The van der Waals surface area contributed by atoms with E-state index in [4.69, 9.17) is 0 Å². The van der Waals surface area contributed by atoms with Gasteiger partial charge in [0.1, 0.15) is 17.3 Å². The minimum atomic E-state index is -0.325. The molecule has 4 aromatic rings. The van der Waals surface area contributed by atoms with E-state index in [9.17, 15) is 15.3 Å². The summed E-state index contributed by atoms with van der Waals surface area (Å²) in [5.74, 6) is -0.102. The van der Waals surface area contributed by atoms with Crippen LogP contribution in [0, 0.1) is 29.6 Å². The highest BCUT2D eigenvalue weighted by Gasteiger charge is 2.37. The number of hydrogen-bond acceptors (Lipinski definition) is 6. The molecule has 0 fully saturated rings. The molecule has 1 amide bonds. The molecule has 5 rings (SSSR count). The molecule has 1 aliphatic heterocycles. The van der Waals surface area contributed by atoms with Gasteiger partial charge < -0.3 is 4.90 Å². The lowest BCUT2D eigenvalue weighted by atomic mass is 9.93. The van der Waals surface area contributed by atoms with E-state index in [-0.39, 0.29) is 11.9 Å².